The van der Waals surface area contributed by atoms with E-state index in [4.69, 9.17) is 25.8 Å². The van der Waals surface area contributed by atoms with E-state index in [0.717, 1.165) is 22.4 Å². The van der Waals surface area contributed by atoms with Gasteiger partial charge in [-0.2, -0.15) is 0 Å². The normalized spacial score (nSPS) is 17.0. The lowest BCUT2D eigenvalue weighted by Crippen LogP contribution is -2.39. The number of rotatable bonds is 9. The number of benzene rings is 2. The Balaban J connectivity index is 1.74. The molecule has 8 heteroatoms. The van der Waals surface area contributed by atoms with Crippen LogP contribution < -0.4 is 14.2 Å². The maximum absolute atomic E-state index is 12.0. The minimum absolute atomic E-state index is 0.294. The number of carboxylic acid groups (broad SMARTS) is 1. The van der Waals surface area contributed by atoms with Gasteiger partial charge in [0.05, 0.1) is 24.6 Å². The van der Waals surface area contributed by atoms with E-state index in [2.05, 4.69) is 0 Å². The standard InChI is InChI=1S/C25H26ClNO5S/c1-30-19-13-17(14-20(31-2)24(19)32-15-16-7-4-3-5-8-16)23(21-10-11-22(26)33-21)27-12-6-9-18(27)25(28)29/h3-5,7-8,10-11,13-14,18,23H,6,9,12,15H2,1-2H3,(H,28,29). The Morgan fingerprint density at radius 1 is 1.15 bits per heavy atom. The van der Waals surface area contributed by atoms with E-state index in [-0.39, 0.29) is 6.04 Å². The summed E-state index contributed by atoms with van der Waals surface area (Å²) in [5, 5.41) is 9.82. The number of ether oxygens (including phenoxy) is 3. The fourth-order valence-corrected chi connectivity index (χ4v) is 5.50. The van der Waals surface area contributed by atoms with Crippen molar-refractivity contribution in [3.63, 3.8) is 0 Å². The SMILES string of the molecule is COc1cc(C(c2ccc(Cl)s2)N2CCCC2C(=O)O)cc(OC)c1OCc1ccccc1. The second kappa shape index (κ2) is 10.5. The molecule has 3 aromatic rings. The lowest BCUT2D eigenvalue weighted by molar-refractivity contribution is -0.142. The van der Waals surface area contributed by atoms with Gasteiger partial charge in [-0.25, -0.2) is 0 Å². The molecule has 0 radical (unpaired) electrons. The van der Waals surface area contributed by atoms with E-state index in [0.29, 0.717) is 41.2 Å². The first-order valence-electron chi connectivity index (χ1n) is 10.7. The highest BCUT2D eigenvalue weighted by molar-refractivity contribution is 7.16. The topological polar surface area (TPSA) is 68.2 Å². The van der Waals surface area contributed by atoms with Gasteiger partial charge in [-0.05, 0) is 48.2 Å². The lowest BCUT2D eigenvalue weighted by atomic mass is 10.0. The number of carboxylic acids is 1. The maximum atomic E-state index is 12.0. The van der Waals surface area contributed by atoms with Gasteiger partial charge in [0.2, 0.25) is 5.75 Å². The van der Waals surface area contributed by atoms with Gasteiger partial charge in [-0.1, -0.05) is 41.9 Å². The third kappa shape index (κ3) is 5.11. The molecule has 1 N–H and O–H groups in total. The Hall–Kier alpha value is -2.74. The van der Waals surface area contributed by atoms with Crippen LogP contribution in [0, 0.1) is 0 Å². The highest BCUT2D eigenvalue weighted by atomic mass is 35.5. The number of nitrogens with zero attached hydrogens (tertiary/aromatic N) is 1. The lowest BCUT2D eigenvalue weighted by Gasteiger charge is -2.31. The van der Waals surface area contributed by atoms with Crippen molar-refractivity contribution in [3.8, 4) is 17.2 Å². The fourth-order valence-electron chi connectivity index (χ4n) is 4.29. The average molecular weight is 488 g/mol. The van der Waals surface area contributed by atoms with Crippen LogP contribution in [-0.2, 0) is 11.4 Å². The number of carbonyl (C=O) groups is 1. The Labute approximate surface area is 202 Å². The molecule has 0 saturated carbocycles. The van der Waals surface area contributed by atoms with Crippen molar-refractivity contribution in [1.82, 2.24) is 4.90 Å². The second-order valence-electron chi connectivity index (χ2n) is 7.81. The van der Waals surface area contributed by atoms with Crippen molar-refractivity contribution < 1.29 is 24.1 Å². The van der Waals surface area contributed by atoms with Crippen LogP contribution in [0.15, 0.2) is 54.6 Å². The quantitative estimate of drug-likeness (QED) is 0.421. The molecule has 1 saturated heterocycles. The molecule has 1 aliphatic rings. The highest BCUT2D eigenvalue weighted by Gasteiger charge is 2.38. The average Bonchev–Trinajstić information content (AvgIpc) is 3.48. The third-order valence-corrected chi connectivity index (χ3v) is 7.08. The number of hydrogen-bond acceptors (Lipinski definition) is 6. The Morgan fingerprint density at radius 2 is 1.85 bits per heavy atom. The summed E-state index contributed by atoms with van der Waals surface area (Å²) in [6.07, 6.45) is 1.43. The van der Waals surface area contributed by atoms with E-state index in [1.807, 2.05) is 59.5 Å². The largest absolute Gasteiger partial charge is 0.493 e. The number of halogens is 1. The molecule has 4 rings (SSSR count). The Morgan fingerprint density at radius 3 is 2.42 bits per heavy atom. The van der Waals surface area contributed by atoms with Crippen LogP contribution in [-0.4, -0.2) is 42.8 Å². The minimum atomic E-state index is -0.818. The van der Waals surface area contributed by atoms with Gasteiger partial charge in [0.1, 0.15) is 12.6 Å². The molecule has 2 aromatic carbocycles. The van der Waals surface area contributed by atoms with E-state index >= 15 is 0 Å². The van der Waals surface area contributed by atoms with Crippen LogP contribution in [0.2, 0.25) is 4.34 Å². The van der Waals surface area contributed by atoms with Gasteiger partial charge < -0.3 is 19.3 Å². The minimum Gasteiger partial charge on any atom is -0.493 e. The first-order valence-corrected chi connectivity index (χ1v) is 11.9. The molecular weight excluding hydrogens is 462 g/mol. The van der Waals surface area contributed by atoms with Crippen molar-refractivity contribution in [2.75, 3.05) is 20.8 Å². The van der Waals surface area contributed by atoms with Crippen molar-refractivity contribution in [1.29, 1.82) is 0 Å². The van der Waals surface area contributed by atoms with Crippen LogP contribution in [0.3, 0.4) is 0 Å². The summed E-state index contributed by atoms with van der Waals surface area (Å²) in [6.45, 7) is 1.04. The number of likely N-dealkylation sites (tertiary alicyclic amines) is 1. The molecule has 1 aromatic heterocycles. The van der Waals surface area contributed by atoms with Crippen LogP contribution >= 0.6 is 22.9 Å². The first-order chi connectivity index (χ1) is 16.0. The van der Waals surface area contributed by atoms with E-state index in [1.165, 1.54) is 11.3 Å². The zero-order chi connectivity index (χ0) is 23.4. The molecule has 174 valence electrons. The fraction of sp³-hybridized carbons (Fsp3) is 0.320. The van der Waals surface area contributed by atoms with Crippen LogP contribution in [0.5, 0.6) is 17.2 Å². The molecule has 1 fully saturated rings. The predicted octanol–water partition coefficient (Wildman–Crippen LogP) is 5.64. The maximum Gasteiger partial charge on any atom is 0.320 e. The molecule has 2 unspecified atom stereocenters. The van der Waals surface area contributed by atoms with Gasteiger partial charge in [-0.3, -0.25) is 9.69 Å². The molecular formula is C25H26ClNO5S. The molecule has 0 bridgehead atoms. The Kier molecular flexibility index (Phi) is 7.42. The van der Waals surface area contributed by atoms with Gasteiger partial charge in [0, 0.05) is 11.4 Å². The van der Waals surface area contributed by atoms with Crippen molar-refractivity contribution >= 4 is 28.9 Å². The molecule has 0 amide bonds. The summed E-state index contributed by atoms with van der Waals surface area (Å²) in [5.41, 5.74) is 1.89. The van der Waals surface area contributed by atoms with Crippen LogP contribution in [0.4, 0.5) is 0 Å². The summed E-state index contributed by atoms with van der Waals surface area (Å²) in [5.74, 6) is 0.742. The molecule has 2 atom stereocenters. The number of methoxy groups -OCH3 is 2. The van der Waals surface area contributed by atoms with E-state index in [1.54, 1.807) is 14.2 Å². The third-order valence-electron chi connectivity index (χ3n) is 5.80. The predicted molar refractivity (Wildman–Crippen MR) is 129 cm³/mol. The number of hydrogen-bond donors (Lipinski definition) is 1. The van der Waals surface area contributed by atoms with Crippen molar-refractivity contribution in [3.05, 3.63) is 74.9 Å². The molecule has 1 aliphatic heterocycles. The summed E-state index contributed by atoms with van der Waals surface area (Å²) < 4.78 is 18.1. The molecule has 6 nitrogen and oxygen atoms in total. The van der Waals surface area contributed by atoms with Gasteiger partial charge in [0.15, 0.2) is 11.5 Å². The summed E-state index contributed by atoms with van der Waals surface area (Å²) in [6, 6.07) is 16.6. The van der Waals surface area contributed by atoms with E-state index in [9.17, 15) is 9.90 Å². The van der Waals surface area contributed by atoms with Crippen molar-refractivity contribution in [2.24, 2.45) is 0 Å². The highest BCUT2D eigenvalue weighted by Crippen LogP contribution is 2.45. The zero-order valence-corrected chi connectivity index (χ0v) is 20.1. The van der Waals surface area contributed by atoms with Crippen LogP contribution in [0.1, 0.15) is 34.9 Å². The van der Waals surface area contributed by atoms with E-state index < -0.39 is 12.0 Å². The number of aliphatic carboxylic acids is 1. The molecule has 0 spiro atoms. The van der Waals surface area contributed by atoms with Gasteiger partial charge in [0.25, 0.3) is 0 Å². The summed E-state index contributed by atoms with van der Waals surface area (Å²) in [4.78, 5) is 15.0. The summed E-state index contributed by atoms with van der Waals surface area (Å²) >= 11 is 7.70. The van der Waals surface area contributed by atoms with Crippen molar-refractivity contribution in [2.45, 2.75) is 31.5 Å². The Bertz CT molecular complexity index is 1080. The van der Waals surface area contributed by atoms with Crippen LogP contribution in [0.25, 0.3) is 0 Å². The number of thiophene rings is 1. The zero-order valence-electron chi connectivity index (χ0n) is 18.5. The van der Waals surface area contributed by atoms with Gasteiger partial charge >= 0.3 is 5.97 Å². The first kappa shape index (κ1) is 23.4. The summed E-state index contributed by atoms with van der Waals surface area (Å²) in [7, 11) is 3.17. The van der Waals surface area contributed by atoms with Gasteiger partial charge in [-0.15, -0.1) is 11.3 Å². The molecule has 0 aliphatic carbocycles. The molecule has 33 heavy (non-hydrogen) atoms. The monoisotopic (exact) mass is 487 g/mol. The second-order valence-corrected chi connectivity index (χ2v) is 9.55. The smallest absolute Gasteiger partial charge is 0.320 e. The molecule has 2 heterocycles.